The van der Waals surface area contributed by atoms with E-state index >= 15 is 0 Å². The summed E-state index contributed by atoms with van der Waals surface area (Å²) in [6, 6.07) is 13.3. The Morgan fingerprint density at radius 2 is 1.96 bits per heavy atom. The summed E-state index contributed by atoms with van der Waals surface area (Å²) < 4.78 is 1.10. The van der Waals surface area contributed by atoms with Crippen LogP contribution in [0, 0.1) is 13.8 Å². The van der Waals surface area contributed by atoms with Gasteiger partial charge in [0.15, 0.2) is 0 Å². The number of nitrogens with zero attached hydrogens (tertiary/aromatic N) is 1. The molecule has 0 N–H and O–H groups in total. The van der Waals surface area contributed by atoms with Crippen LogP contribution < -0.4 is 0 Å². The Labute approximate surface area is 145 Å². The van der Waals surface area contributed by atoms with E-state index in [9.17, 15) is 4.79 Å². The number of halogens is 1. The zero-order valence-electron chi connectivity index (χ0n) is 13.5. The van der Waals surface area contributed by atoms with Crippen molar-refractivity contribution in [2.24, 2.45) is 0 Å². The average Bonchev–Trinajstić information content (AvgIpc) is 2.85. The van der Waals surface area contributed by atoms with Crippen molar-refractivity contribution in [1.82, 2.24) is 4.90 Å². The number of amides is 1. The predicted octanol–water partition coefficient (Wildman–Crippen LogP) is 4.97. The van der Waals surface area contributed by atoms with E-state index in [2.05, 4.69) is 51.2 Å². The van der Waals surface area contributed by atoms with Crippen LogP contribution in [0.2, 0.25) is 0 Å². The van der Waals surface area contributed by atoms with Crippen LogP contribution in [-0.4, -0.2) is 16.8 Å². The maximum absolute atomic E-state index is 13.2. The fourth-order valence-electron chi connectivity index (χ4n) is 4.12. The first kappa shape index (κ1) is 14.9. The minimum atomic E-state index is 0.198. The number of carbonyl (C=O) groups is 1. The van der Waals surface area contributed by atoms with E-state index in [1.165, 1.54) is 11.1 Å². The largest absolute Gasteiger partial charge is 0.328 e. The first-order valence-electron chi connectivity index (χ1n) is 8.23. The number of hydrogen-bond donors (Lipinski definition) is 0. The molecule has 2 nitrogen and oxygen atoms in total. The van der Waals surface area contributed by atoms with Gasteiger partial charge < -0.3 is 4.90 Å². The lowest BCUT2D eigenvalue weighted by Crippen LogP contribution is -2.42. The van der Waals surface area contributed by atoms with E-state index in [0.717, 1.165) is 40.4 Å². The molecule has 2 heterocycles. The van der Waals surface area contributed by atoms with Gasteiger partial charge in [-0.15, -0.1) is 0 Å². The van der Waals surface area contributed by atoms with E-state index < -0.39 is 0 Å². The number of benzene rings is 2. The number of carbonyl (C=O) groups excluding carboxylic acids is 1. The van der Waals surface area contributed by atoms with Crippen LogP contribution in [0.4, 0.5) is 0 Å². The van der Waals surface area contributed by atoms with Gasteiger partial charge in [0.1, 0.15) is 0 Å². The molecule has 118 valence electrons. The molecule has 1 fully saturated rings. The molecular weight excluding hydrogens is 350 g/mol. The van der Waals surface area contributed by atoms with Gasteiger partial charge in [-0.05, 0) is 68.0 Å². The van der Waals surface area contributed by atoms with Crippen molar-refractivity contribution < 1.29 is 4.79 Å². The summed E-state index contributed by atoms with van der Waals surface area (Å²) in [5.41, 5.74) is 5.81. The average molecular weight is 370 g/mol. The van der Waals surface area contributed by atoms with E-state index in [1.54, 1.807) is 0 Å². The molecule has 2 aliphatic rings. The molecule has 0 radical (unpaired) electrons. The first-order chi connectivity index (χ1) is 11.0. The second-order valence-electron chi connectivity index (χ2n) is 6.83. The molecule has 0 unspecified atom stereocenters. The van der Waals surface area contributed by atoms with Crippen molar-refractivity contribution in [2.45, 2.75) is 45.2 Å². The Morgan fingerprint density at radius 3 is 2.78 bits per heavy atom. The van der Waals surface area contributed by atoms with Crippen molar-refractivity contribution in [3.05, 3.63) is 68.7 Å². The minimum Gasteiger partial charge on any atom is -0.328 e. The van der Waals surface area contributed by atoms with Gasteiger partial charge in [-0.2, -0.15) is 0 Å². The standard InChI is InChI=1S/C20H20BrNO/c1-12-3-4-13(2)17(9-12)20(23)22-16-7-8-19(22)18-11-15(21)6-5-14(18)10-16/h3-6,9,11,16,19H,7-8,10H2,1-2H3/t16-,19+/m0/s1. The smallest absolute Gasteiger partial charge is 0.254 e. The van der Waals surface area contributed by atoms with Gasteiger partial charge in [0.25, 0.3) is 5.91 Å². The lowest BCUT2D eigenvalue weighted by molar-refractivity contribution is 0.0645. The maximum Gasteiger partial charge on any atom is 0.254 e. The monoisotopic (exact) mass is 369 g/mol. The van der Waals surface area contributed by atoms with E-state index in [1.807, 2.05) is 19.9 Å². The second kappa shape index (κ2) is 5.48. The van der Waals surface area contributed by atoms with Crippen LogP contribution >= 0.6 is 15.9 Å². The minimum absolute atomic E-state index is 0.198. The molecule has 2 aromatic rings. The van der Waals surface area contributed by atoms with Crippen molar-refractivity contribution in [1.29, 1.82) is 0 Å². The molecule has 2 aromatic carbocycles. The number of aryl methyl sites for hydroxylation is 2. The highest BCUT2D eigenvalue weighted by Crippen LogP contribution is 2.45. The Kier molecular flexibility index (Phi) is 3.56. The van der Waals surface area contributed by atoms with Crippen molar-refractivity contribution >= 4 is 21.8 Å². The molecule has 0 spiro atoms. The summed E-state index contributed by atoms with van der Waals surface area (Å²) >= 11 is 3.58. The Hall–Kier alpha value is -1.61. The van der Waals surface area contributed by atoms with Crippen LogP contribution in [0.1, 0.15) is 51.5 Å². The normalized spacial score (nSPS) is 22.1. The summed E-state index contributed by atoms with van der Waals surface area (Å²) in [4.78, 5) is 15.4. The van der Waals surface area contributed by atoms with Crippen LogP contribution in [0.25, 0.3) is 0 Å². The summed E-state index contributed by atoms with van der Waals surface area (Å²) in [6.45, 7) is 4.08. The van der Waals surface area contributed by atoms with Gasteiger partial charge in [-0.1, -0.05) is 39.7 Å². The fraction of sp³-hybridized carbons (Fsp3) is 0.350. The van der Waals surface area contributed by atoms with Gasteiger partial charge in [0.2, 0.25) is 0 Å². The summed E-state index contributed by atoms with van der Waals surface area (Å²) in [6.07, 6.45) is 3.16. The zero-order chi connectivity index (χ0) is 16.1. The Bertz CT molecular complexity index is 798. The maximum atomic E-state index is 13.2. The molecule has 2 bridgehead atoms. The van der Waals surface area contributed by atoms with Gasteiger partial charge >= 0.3 is 0 Å². The van der Waals surface area contributed by atoms with Crippen LogP contribution in [0.15, 0.2) is 40.9 Å². The first-order valence-corrected chi connectivity index (χ1v) is 9.02. The third-order valence-corrected chi connectivity index (χ3v) is 5.78. The summed E-state index contributed by atoms with van der Waals surface area (Å²) in [7, 11) is 0. The van der Waals surface area contributed by atoms with Gasteiger partial charge in [0.05, 0.1) is 6.04 Å². The van der Waals surface area contributed by atoms with Crippen molar-refractivity contribution in [3.63, 3.8) is 0 Å². The molecule has 3 heteroatoms. The molecule has 2 aliphatic heterocycles. The zero-order valence-corrected chi connectivity index (χ0v) is 15.1. The van der Waals surface area contributed by atoms with E-state index in [4.69, 9.17) is 0 Å². The van der Waals surface area contributed by atoms with Gasteiger partial charge in [-0.3, -0.25) is 4.79 Å². The van der Waals surface area contributed by atoms with Gasteiger partial charge in [0, 0.05) is 16.1 Å². The predicted molar refractivity (Wildman–Crippen MR) is 95.7 cm³/mol. The third-order valence-electron chi connectivity index (χ3n) is 5.28. The molecule has 4 rings (SSSR count). The molecule has 0 aliphatic carbocycles. The molecule has 23 heavy (non-hydrogen) atoms. The molecule has 1 saturated heterocycles. The van der Waals surface area contributed by atoms with Crippen LogP contribution in [0.5, 0.6) is 0 Å². The topological polar surface area (TPSA) is 20.3 Å². The Morgan fingerprint density at radius 1 is 1.13 bits per heavy atom. The lowest BCUT2D eigenvalue weighted by Gasteiger charge is -2.37. The molecule has 2 atom stereocenters. The highest BCUT2D eigenvalue weighted by Gasteiger charge is 2.42. The van der Waals surface area contributed by atoms with Crippen molar-refractivity contribution in [3.8, 4) is 0 Å². The number of hydrogen-bond acceptors (Lipinski definition) is 1. The highest BCUT2D eigenvalue weighted by atomic mass is 79.9. The summed E-state index contributed by atoms with van der Waals surface area (Å²) in [5.74, 6) is 0.198. The van der Waals surface area contributed by atoms with Crippen LogP contribution in [-0.2, 0) is 6.42 Å². The third kappa shape index (κ3) is 2.42. The molecule has 1 amide bonds. The highest BCUT2D eigenvalue weighted by molar-refractivity contribution is 9.10. The van der Waals surface area contributed by atoms with E-state index in [-0.39, 0.29) is 11.9 Å². The molecule has 0 saturated carbocycles. The van der Waals surface area contributed by atoms with E-state index in [0.29, 0.717) is 6.04 Å². The second-order valence-corrected chi connectivity index (χ2v) is 7.74. The SMILES string of the molecule is Cc1ccc(C)c(C(=O)N2[C@H]3CC[C@@H]2c2cc(Br)ccc2C3)c1. The number of fused-ring (bicyclic) bond motifs is 4. The van der Waals surface area contributed by atoms with Gasteiger partial charge in [-0.25, -0.2) is 0 Å². The quantitative estimate of drug-likeness (QED) is 0.694. The molecule has 0 aromatic heterocycles. The summed E-state index contributed by atoms with van der Waals surface area (Å²) in [5, 5.41) is 0. The van der Waals surface area contributed by atoms with Crippen LogP contribution in [0.3, 0.4) is 0 Å². The fourth-order valence-corrected chi connectivity index (χ4v) is 4.50. The lowest BCUT2D eigenvalue weighted by atomic mass is 9.92. The number of rotatable bonds is 1. The van der Waals surface area contributed by atoms with Crippen molar-refractivity contribution in [2.75, 3.05) is 0 Å². The Balaban J connectivity index is 1.76. The molecular formula is C20H20BrNO.